The summed E-state index contributed by atoms with van der Waals surface area (Å²) in [5.41, 5.74) is 1.30. The van der Waals surface area contributed by atoms with Crippen LogP contribution >= 0.6 is 0 Å². The maximum atomic E-state index is 13.1. The van der Waals surface area contributed by atoms with Crippen molar-refractivity contribution >= 4 is 17.0 Å². The third-order valence-corrected chi connectivity index (χ3v) is 3.57. The topological polar surface area (TPSA) is 68.8 Å². The van der Waals surface area contributed by atoms with E-state index in [9.17, 15) is 13.2 Å². The number of furan rings is 1. The van der Waals surface area contributed by atoms with Gasteiger partial charge in [-0.3, -0.25) is 0 Å². The van der Waals surface area contributed by atoms with Crippen LogP contribution in [0.2, 0.25) is 0 Å². The van der Waals surface area contributed by atoms with Gasteiger partial charge in [0, 0.05) is 11.6 Å². The number of rotatable bonds is 4. The van der Waals surface area contributed by atoms with Gasteiger partial charge in [0.15, 0.2) is 11.5 Å². The Labute approximate surface area is 128 Å². The summed E-state index contributed by atoms with van der Waals surface area (Å²) in [7, 11) is 0. The molecule has 3 heterocycles. The maximum absolute atomic E-state index is 13.1. The molecule has 9 heteroatoms. The first-order chi connectivity index (χ1) is 11.0. The van der Waals surface area contributed by atoms with E-state index in [4.69, 9.17) is 4.42 Å². The summed E-state index contributed by atoms with van der Waals surface area (Å²) in [6.07, 6.45) is 1.72. The van der Waals surface area contributed by atoms with Crippen LogP contribution in [0.25, 0.3) is 11.2 Å². The van der Waals surface area contributed by atoms with Crippen molar-refractivity contribution < 1.29 is 17.6 Å². The summed E-state index contributed by atoms with van der Waals surface area (Å²) < 4.78 is 45.7. The van der Waals surface area contributed by atoms with Crippen molar-refractivity contribution in [3.8, 4) is 0 Å². The van der Waals surface area contributed by atoms with Gasteiger partial charge in [0.2, 0.25) is 5.82 Å². The van der Waals surface area contributed by atoms with Gasteiger partial charge in [-0.05, 0) is 18.9 Å². The molecule has 0 saturated heterocycles. The minimum atomic E-state index is -4.61. The van der Waals surface area contributed by atoms with Gasteiger partial charge in [0.05, 0.1) is 25.4 Å². The molecule has 1 N–H and O–H groups in total. The molecule has 1 aliphatic carbocycles. The number of alkyl halides is 3. The second-order valence-electron chi connectivity index (χ2n) is 5.49. The average molecular weight is 323 g/mol. The molecule has 4 rings (SSSR count). The Hall–Kier alpha value is -2.58. The number of imidazole rings is 1. The Balaban J connectivity index is 1.82. The normalized spacial score (nSPS) is 15.3. The Morgan fingerprint density at radius 2 is 2.13 bits per heavy atom. The van der Waals surface area contributed by atoms with E-state index in [1.807, 2.05) is 0 Å². The first-order valence-electron chi connectivity index (χ1n) is 7.08. The van der Waals surface area contributed by atoms with Gasteiger partial charge in [-0.25, -0.2) is 15.0 Å². The van der Waals surface area contributed by atoms with Crippen LogP contribution in [0.5, 0.6) is 0 Å². The number of hydrogen-bond donors (Lipinski definition) is 1. The van der Waals surface area contributed by atoms with Crippen molar-refractivity contribution in [2.75, 3.05) is 5.32 Å². The van der Waals surface area contributed by atoms with Gasteiger partial charge in [0.25, 0.3) is 0 Å². The lowest BCUT2D eigenvalue weighted by molar-refractivity contribution is -0.144. The van der Waals surface area contributed by atoms with E-state index in [0.29, 0.717) is 12.1 Å². The molecule has 6 nitrogen and oxygen atoms in total. The first kappa shape index (κ1) is 14.0. The monoisotopic (exact) mass is 323 g/mol. The van der Waals surface area contributed by atoms with Crippen molar-refractivity contribution in [2.45, 2.75) is 31.6 Å². The highest BCUT2D eigenvalue weighted by molar-refractivity contribution is 5.83. The zero-order valence-corrected chi connectivity index (χ0v) is 11.8. The second-order valence-corrected chi connectivity index (χ2v) is 5.49. The predicted molar refractivity (Wildman–Crippen MR) is 74.8 cm³/mol. The highest BCUT2D eigenvalue weighted by atomic mass is 19.4. The number of anilines is 1. The molecule has 23 heavy (non-hydrogen) atoms. The molecule has 0 amide bonds. The van der Waals surface area contributed by atoms with Gasteiger partial charge in [-0.1, -0.05) is 0 Å². The number of aromatic nitrogens is 4. The van der Waals surface area contributed by atoms with Crippen LogP contribution in [0.4, 0.5) is 19.0 Å². The van der Waals surface area contributed by atoms with Crippen molar-refractivity contribution in [2.24, 2.45) is 0 Å². The third kappa shape index (κ3) is 2.73. The number of fused-ring (bicyclic) bond motifs is 1. The molecule has 0 bridgehead atoms. The lowest BCUT2D eigenvalue weighted by atomic mass is 10.3. The molecular weight excluding hydrogens is 311 g/mol. The van der Waals surface area contributed by atoms with Crippen LogP contribution in [-0.4, -0.2) is 25.6 Å². The van der Waals surface area contributed by atoms with Crippen molar-refractivity contribution in [3.05, 3.63) is 36.3 Å². The fourth-order valence-electron chi connectivity index (χ4n) is 2.29. The third-order valence-electron chi connectivity index (χ3n) is 3.57. The summed E-state index contributed by atoms with van der Waals surface area (Å²) >= 11 is 0. The van der Waals surface area contributed by atoms with Crippen molar-refractivity contribution in [1.29, 1.82) is 0 Å². The molecule has 1 saturated carbocycles. The molecule has 0 unspecified atom stereocenters. The smallest absolute Gasteiger partial charge is 0.451 e. The number of nitrogens with zero attached hydrogens (tertiary/aromatic N) is 4. The van der Waals surface area contributed by atoms with Gasteiger partial charge in [-0.2, -0.15) is 13.2 Å². The fourth-order valence-corrected chi connectivity index (χ4v) is 2.29. The molecule has 1 aliphatic rings. The standard InChI is InChI=1S/C14H12F3N5O/c15-14(16,17)13-20-11(19-9-1-2-9)10-12(21-13)22(7-18-10)5-8-3-4-23-6-8/h3-4,6-7,9H,1-2,5H2,(H,19,20,21). The molecule has 3 aromatic rings. The quantitative estimate of drug-likeness (QED) is 0.799. The SMILES string of the molecule is FC(F)(F)c1nc(NC2CC2)c2ncn(Cc3ccoc3)c2n1. The van der Waals surface area contributed by atoms with Crippen LogP contribution in [-0.2, 0) is 12.7 Å². The van der Waals surface area contributed by atoms with Crippen molar-refractivity contribution in [1.82, 2.24) is 19.5 Å². The second kappa shape index (κ2) is 4.97. The lowest BCUT2D eigenvalue weighted by Crippen LogP contribution is -2.15. The fraction of sp³-hybridized carbons (Fsp3) is 0.357. The molecular formula is C14H12F3N5O. The molecule has 120 valence electrons. The van der Waals surface area contributed by atoms with Crippen LogP contribution in [0.15, 0.2) is 29.3 Å². The van der Waals surface area contributed by atoms with Crippen LogP contribution in [0, 0.1) is 0 Å². The average Bonchev–Trinajstić information content (AvgIpc) is 2.99. The highest BCUT2D eigenvalue weighted by Crippen LogP contribution is 2.32. The van der Waals surface area contributed by atoms with Crippen LogP contribution in [0.1, 0.15) is 24.2 Å². The molecule has 0 spiro atoms. The zero-order valence-electron chi connectivity index (χ0n) is 11.8. The maximum Gasteiger partial charge on any atom is 0.451 e. The summed E-state index contributed by atoms with van der Waals surface area (Å²) in [4.78, 5) is 11.5. The molecule has 3 aromatic heterocycles. The number of nitrogens with one attached hydrogen (secondary N) is 1. The molecule has 0 radical (unpaired) electrons. The van der Waals surface area contributed by atoms with E-state index >= 15 is 0 Å². The summed E-state index contributed by atoms with van der Waals surface area (Å²) in [5.74, 6) is -1.03. The summed E-state index contributed by atoms with van der Waals surface area (Å²) in [6.45, 7) is 0.324. The molecule has 0 aromatic carbocycles. The van der Waals surface area contributed by atoms with Gasteiger partial charge < -0.3 is 14.3 Å². The summed E-state index contributed by atoms with van der Waals surface area (Å²) in [6, 6.07) is 1.90. The minimum absolute atomic E-state index is 0.135. The zero-order chi connectivity index (χ0) is 16.0. The minimum Gasteiger partial charge on any atom is -0.472 e. The van der Waals surface area contributed by atoms with Crippen LogP contribution in [0.3, 0.4) is 0 Å². The number of halogens is 3. The van der Waals surface area contributed by atoms with Crippen molar-refractivity contribution in [3.63, 3.8) is 0 Å². The van der Waals surface area contributed by atoms with Crippen LogP contribution < -0.4 is 5.32 Å². The Morgan fingerprint density at radius 3 is 2.78 bits per heavy atom. The van der Waals surface area contributed by atoms with E-state index in [1.54, 1.807) is 10.6 Å². The Morgan fingerprint density at radius 1 is 1.30 bits per heavy atom. The van der Waals surface area contributed by atoms with Gasteiger partial charge in [-0.15, -0.1) is 0 Å². The van der Waals surface area contributed by atoms with E-state index in [2.05, 4.69) is 20.3 Å². The first-order valence-corrected chi connectivity index (χ1v) is 7.08. The van der Waals surface area contributed by atoms with Gasteiger partial charge in [0.1, 0.15) is 5.52 Å². The Kier molecular flexibility index (Phi) is 3.03. The molecule has 0 aliphatic heterocycles. The lowest BCUT2D eigenvalue weighted by Gasteiger charge is -2.10. The molecule has 1 fully saturated rings. The largest absolute Gasteiger partial charge is 0.472 e. The summed E-state index contributed by atoms with van der Waals surface area (Å²) in [5, 5.41) is 3.00. The van der Waals surface area contributed by atoms with E-state index in [-0.39, 0.29) is 17.5 Å². The Bertz CT molecular complexity index is 836. The number of hydrogen-bond acceptors (Lipinski definition) is 5. The predicted octanol–water partition coefficient (Wildman–Crippen LogP) is 3.06. The van der Waals surface area contributed by atoms with E-state index < -0.39 is 12.0 Å². The highest BCUT2D eigenvalue weighted by Gasteiger charge is 2.37. The molecule has 0 atom stereocenters. The van der Waals surface area contributed by atoms with E-state index in [1.165, 1.54) is 18.9 Å². The van der Waals surface area contributed by atoms with E-state index in [0.717, 1.165) is 18.4 Å². The van der Waals surface area contributed by atoms with Gasteiger partial charge >= 0.3 is 6.18 Å².